The van der Waals surface area contributed by atoms with Gasteiger partial charge in [0.15, 0.2) is 0 Å². The van der Waals surface area contributed by atoms with Gasteiger partial charge in [0.2, 0.25) is 5.91 Å². The number of carbonyl (C=O) groups excluding carboxylic acids is 1. The van der Waals surface area contributed by atoms with Crippen LogP contribution >= 0.6 is 15.9 Å². The summed E-state index contributed by atoms with van der Waals surface area (Å²) in [5.74, 6) is 0.113. The molecule has 1 aromatic carbocycles. The molecule has 0 radical (unpaired) electrons. The monoisotopic (exact) mass is 312 g/mol. The number of nitrogens with two attached hydrogens (primary N) is 1. The van der Waals surface area contributed by atoms with Crippen LogP contribution in [-0.2, 0) is 4.79 Å². The molecule has 0 unspecified atom stereocenters. The lowest BCUT2D eigenvalue weighted by Crippen LogP contribution is -2.26. The molecule has 18 heavy (non-hydrogen) atoms. The highest BCUT2D eigenvalue weighted by atomic mass is 79.9. The van der Waals surface area contributed by atoms with E-state index in [4.69, 9.17) is 5.73 Å². The van der Waals surface area contributed by atoms with Crippen LogP contribution < -0.4 is 11.1 Å². The topological polar surface area (TPSA) is 55.1 Å². The van der Waals surface area contributed by atoms with E-state index in [0.717, 1.165) is 29.3 Å². The van der Waals surface area contributed by atoms with Crippen LogP contribution in [-0.4, -0.2) is 12.5 Å². The van der Waals surface area contributed by atoms with E-state index in [-0.39, 0.29) is 11.9 Å². The van der Waals surface area contributed by atoms with Gasteiger partial charge >= 0.3 is 0 Å². The summed E-state index contributed by atoms with van der Waals surface area (Å²) in [6.45, 7) is 2.71. The van der Waals surface area contributed by atoms with Gasteiger partial charge in [0.05, 0.1) is 6.04 Å². The van der Waals surface area contributed by atoms with Gasteiger partial charge in [-0.2, -0.15) is 0 Å². The van der Waals surface area contributed by atoms with E-state index in [1.54, 1.807) is 0 Å². The van der Waals surface area contributed by atoms with Crippen molar-refractivity contribution >= 4 is 21.8 Å². The average Bonchev–Trinajstić information content (AvgIpc) is 2.35. The molecule has 1 amide bonds. The van der Waals surface area contributed by atoms with E-state index in [0.29, 0.717) is 13.0 Å². The predicted molar refractivity (Wildman–Crippen MR) is 78.2 cm³/mol. The zero-order chi connectivity index (χ0) is 13.4. The molecule has 0 fully saturated rings. The quantitative estimate of drug-likeness (QED) is 0.760. The van der Waals surface area contributed by atoms with Gasteiger partial charge in [0.25, 0.3) is 0 Å². The summed E-state index contributed by atoms with van der Waals surface area (Å²) >= 11 is 3.40. The van der Waals surface area contributed by atoms with Gasteiger partial charge in [-0.05, 0) is 44.0 Å². The highest BCUT2D eigenvalue weighted by molar-refractivity contribution is 9.10. The van der Waals surface area contributed by atoms with Crippen molar-refractivity contribution < 1.29 is 4.79 Å². The van der Waals surface area contributed by atoms with E-state index in [1.807, 2.05) is 31.2 Å². The summed E-state index contributed by atoms with van der Waals surface area (Å²) < 4.78 is 1.05. The van der Waals surface area contributed by atoms with E-state index >= 15 is 0 Å². The van der Waals surface area contributed by atoms with Crippen LogP contribution in [0, 0.1) is 0 Å². The molecule has 0 heterocycles. The van der Waals surface area contributed by atoms with Crippen LogP contribution in [0.4, 0.5) is 0 Å². The summed E-state index contributed by atoms with van der Waals surface area (Å²) in [5.41, 5.74) is 6.53. The number of nitrogens with one attached hydrogen (secondary N) is 1. The first-order chi connectivity index (χ1) is 8.63. The first-order valence-electron chi connectivity index (χ1n) is 6.38. The van der Waals surface area contributed by atoms with Gasteiger partial charge in [-0.15, -0.1) is 0 Å². The molecule has 1 aromatic rings. The molecule has 0 bridgehead atoms. The molecule has 3 N–H and O–H groups in total. The molecule has 4 heteroatoms. The molecule has 0 aliphatic rings. The molecule has 0 spiro atoms. The Labute approximate surface area is 117 Å². The maximum Gasteiger partial charge on any atom is 0.220 e. The lowest BCUT2D eigenvalue weighted by atomic mass is 10.1. The van der Waals surface area contributed by atoms with Crippen molar-refractivity contribution in [1.29, 1.82) is 0 Å². The van der Waals surface area contributed by atoms with E-state index in [1.165, 1.54) is 0 Å². The molecule has 1 atom stereocenters. The number of unbranched alkanes of at least 4 members (excludes halogenated alkanes) is 2. The maximum atomic E-state index is 11.7. The smallest absolute Gasteiger partial charge is 0.220 e. The maximum absolute atomic E-state index is 11.7. The fourth-order valence-electron chi connectivity index (χ4n) is 1.76. The minimum Gasteiger partial charge on any atom is -0.350 e. The largest absolute Gasteiger partial charge is 0.350 e. The standard InChI is InChI=1S/C14H21BrN2O/c1-11(12-6-8-13(15)9-7-12)17-14(18)5-3-2-4-10-16/h6-9,11H,2-5,10,16H2,1H3,(H,17,18)/t11-/m1/s1. The molecule has 100 valence electrons. The zero-order valence-electron chi connectivity index (χ0n) is 10.8. The fourth-order valence-corrected chi connectivity index (χ4v) is 2.02. The first kappa shape index (κ1) is 15.2. The molecule has 0 aliphatic heterocycles. The fraction of sp³-hybridized carbons (Fsp3) is 0.500. The SMILES string of the molecule is C[C@@H](NC(=O)CCCCCN)c1ccc(Br)cc1. The Morgan fingerprint density at radius 1 is 1.28 bits per heavy atom. The molecule has 1 rings (SSSR count). The number of hydrogen-bond acceptors (Lipinski definition) is 2. The van der Waals surface area contributed by atoms with Crippen LogP contribution in [0.1, 0.15) is 44.2 Å². The molecule has 0 saturated heterocycles. The third kappa shape index (κ3) is 5.65. The lowest BCUT2D eigenvalue weighted by Gasteiger charge is -2.14. The Kier molecular flexibility index (Phi) is 6.98. The molecule has 3 nitrogen and oxygen atoms in total. The van der Waals surface area contributed by atoms with Crippen LogP contribution in [0.15, 0.2) is 28.7 Å². The van der Waals surface area contributed by atoms with Crippen molar-refractivity contribution in [3.05, 3.63) is 34.3 Å². The van der Waals surface area contributed by atoms with Crippen molar-refractivity contribution in [3.63, 3.8) is 0 Å². The number of carbonyl (C=O) groups is 1. The Bertz CT molecular complexity index is 365. The molecule has 0 aromatic heterocycles. The Balaban J connectivity index is 2.33. The predicted octanol–water partition coefficient (Wildman–Crippen LogP) is 3.15. The number of hydrogen-bond donors (Lipinski definition) is 2. The Morgan fingerprint density at radius 3 is 2.56 bits per heavy atom. The summed E-state index contributed by atoms with van der Waals surface area (Å²) in [6.07, 6.45) is 3.52. The van der Waals surface area contributed by atoms with Gasteiger partial charge < -0.3 is 11.1 Å². The zero-order valence-corrected chi connectivity index (χ0v) is 12.4. The van der Waals surface area contributed by atoms with Crippen molar-refractivity contribution in [2.75, 3.05) is 6.54 Å². The number of benzene rings is 1. The Hall–Kier alpha value is -0.870. The number of halogens is 1. The van der Waals surface area contributed by atoms with Crippen LogP contribution in [0.5, 0.6) is 0 Å². The molecule has 0 saturated carbocycles. The van der Waals surface area contributed by atoms with Gasteiger partial charge in [-0.3, -0.25) is 4.79 Å². The van der Waals surface area contributed by atoms with Gasteiger partial charge in [0.1, 0.15) is 0 Å². The minimum atomic E-state index is 0.0557. The van der Waals surface area contributed by atoms with Gasteiger partial charge in [-0.25, -0.2) is 0 Å². The van der Waals surface area contributed by atoms with E-state index < -0.39 is 0 Å². The highest BCUT2D eigenvalue weighted by Crippen LogP contribution is 2.16. The van der Waals surface area contributed by atoms with Crippen LogP contribution in [0.25, 0.3) is 0 Å². The van der Waals surface area contributed by atoms with Crippen LogP contribution in [0.2, 0.25) is 0 Å². The van der Waals surface area contributed by atoms with Crippen molar-refractivity contribution in [2.24, 2.45) is 5.73 Å². The molecular formula is C14H21BrN2O. The molecule has 0 aliphatic carbocycles. The number of amides is 1. The summed E-state index contributed by atoms with van der Waals surface area (Å²) in [4.78, 5) is 11.7. The lowest BCUT2D eigenvalue weighted by molar-refractivity contribution is -0.121. The van der Waals surface area contributed by atoms with Crippen molar-refractivity contribution in [1.82, 2.24) is 5.32 Å². The van der Waals surface area contributed by atoms with Crippen molar-refractivity contribution in [3.8, 4) is 0 Å². The van der Waals surface area contributed by atoms with E-state index in [2.05, 4.69) is 21.2 Å². The van der Waals surface area contributed by atoms with Crippen LogP contribution in [0.3, 0.4) is 0 Å². The highest BCUT2D eigenvalue weighted by Gasteiger charge is 2.08. The number of rotatable bonds is 7. The second-order valence-corrected chi connectivity index (χ2v) is 5.36. The second kappa shape index (κ2) is 8.27. The second-order valence-electron chi connectivity index (χ2n) is 4.44. The summed E-state index contributed by atoms with van der Waals surface area (Å²) in [5, 5.41) is 3.01. The minimum absolute atomic E-state index is 0.0557. The third-order valence-corrected chi connectivity index (χ3v) is 3.38. The average molecular weight is 313 g/mol. The Morgan fingerprint density at radius 2 is 1.94 bits per heavy atom. The van der Waals surface area contributed by atoms with Gasteiger partial charge in [0, 0.05) is 10.9 Å². The normalized spacial score (nSPS) is 12.2. The third-order valence-electron chi connectivity index (χ3n) is 2.86. The first-order valence-corrected chi connectivity index (χ1v) is 7.17. The van der Waals surface area contributed by atoms with Gasteiger partial charge in [-0.1, -0.05) is 34.5 Å². The molecular weight excluding hydrogens is 292 g/mol. The van der Waals surface area contributed by atoms with Crippen molar-refractivity contribution in [2.45, 2.75) is 38.6 Å². The summed E-state index contributed by atoms with van der Waals surface area (Å²) in [7, 11) is 0. The van der Waals surface area contributed by atoms with E-state index in [9.17, 15) is 4.79 Å². The summed E-state index contributed by atoms with van der Waals surface area (Å²) in [6, 6.07) is 8.06.